The summed E-state index contributed by atoms with van der Waals surface area (Å²) in [5.41, 5.74) is 1.17. The zero-order chi connectivity index (χ0) is 14.0. The molecule has 2 heterocycles. The molecule has 1 aromatic heterocycles. The standard InChI is InChI=1S/C15H26N4/c1-6-16-14-11(3)15(18-13(5)17-14)19-9-7-8-10(2)12(19)4/h10,12H,6-9H2,1-5H3,(H,16,17,18). The van der Waals surface area contributed by atoms with Crippen LogP contribution in [0.2, 0.25) is 0 Å². The highest BCUT2D eigenvalue weighted by atomic mass is 15.2. The van der Waals surface area contributed by atoms with Crippen molar-refractivity contribution in [2.45, 2.75) is 53.5 Å². The van der Waals surface area contributed by atoms with Gasteiger partial charge >= 0.3 is 0 Å². The van der Waals surface area contributed by atoms with Crippen LogP contribution in [0.5, 0.6) is 0 Å². The van der Waals surface area contributed by atoms with Gasteiger partial charge in [-0.2, -0.15) is 0 Å². The SMILES string of the molecule is CCNc1nc(C)nc(N2CCCC(C)C2C)c1C. The van der Waals surface area contributed by atoms with E-state index >= 15 is 0 Å². The number of piperidine rings is 1. The molecule has 0 saturated carbocycles. The van der Waals surface area contributed by atoms with E-state index < -0.39 is 0 Å². The van der Waals surface area contributed by atoms with E-state index in [1.807, 2.05) is 6.92 Å². The van der Waals surface area contributed by atoms with Crippen LogP contribution in [0.1, 0.15) is 45.0 Å². The van der Waals surface area contributed by atoms with Gasteiger partial charge in [-0.25, -0.2) is 9.97 Å². The molecule has 0 radical (unpaired) electrons. The molecule has 1 N–H and O–H groups in total. The molecule has 1 aromatic rings. The minimum absolute atomic E-state index is 0.552. The summed E-state index contributed by atoms with van der Waals surface area (Å²) in [6.45, 7) is 12.8. The molecule has 4 heteroatoms. The Hall–Kier alpha value is -1.32. The van der Waals surface area contributed by atoms with Crippen molar-refractivity contribution in [2.75, 3.05) is 23.3 Å². The van der Waals surface area contributed by atoms with Crippen LogP contribution in [0.4, 0.5) is 11.6 Å². The van der Waals surface area contributed by atoms with Crippen molar-refractivity contribution < 1.29 is 0 Å². The number of aromatic nitrogens is 2. The molecule has 0 amide bonds. The van der Waals surface area contributed by atoms with Gasteiger partial charge in [0.25, 0.3) is 0 Å². The molecule has 4 nitrogen and oxygen atoms in total. The van der Waals surface area contributed by atoms with Gasteiger partial charge in [0.15, 0.2) is 0 Å². The Morgan fingerprint density at radius 3 is 2.68 bits per heavy atom. The molecule has 1 aliphatic rings. The lowest BCUT2D eigenvalue weighted by Crippen LogP contribution is -2.43. The molecule has 2 unspecified atom stereocenters. The van der Waals surface area contributed by atoms with Crippen LogP contribution in [-0.4, -0.2) is 29.1 Å². The van der Waals surface area contributed by atoms with Gasteiger partial charge in [-0.3, -0.25) is 0 Å². The summed E-state index contributed by atoms with van der Waals surface area (Å²) in [5, 5.41) is 3.34. The van der Waals surface area contributed by atoms with Crippen LogP contribution < -0.4 is 10.2 Å². The maximum Gasteiger partial charge on any atom is 0.137 e. The first-order valence-electron chi connectivity index (χ1n) is 7.40. The Balaban J connectivity index is 2.38. The van der Waals surface area contributed by atoms with E-state index in [0.717, 1.165) is 36.5 Å². The first-order valence-corrected chi connectivity index (χ1v) is 7.40. The predicted molar refractivity (Wildman–Crippen MR) is 80.9 cm³/mol. The van der Waals surface area contributed by atoms with Crippen LogP contribution >= 0.6 is 0 Å². The third-order valence-corrected chi connectivity index (χ3v) is 4.22. The predicted octanol–water partition coefficient (Wildman–Crippen LogP) is 3.15. The van der Waals surface area contributed by atoms with E-state index in [1.54, 1.807) is 0 Å². The van der Waals surface area contributed by atoms with Gasteiger partial charge in [0, 0.05) is 24.7 Å². The molecular formula is C15H26N4. The maximum absolute atomic E-state index is 4.70. The second-order valence-corrected chi connectivity index (χ2v) is 5.65. The van der Waals surface area contributed by atoms with Gasteiger partial charge in [-0.15, -0.1) is 0 Å². The van der Waals surface area contributed by atoms with Crippen molar-refractivity contribution in [3.8, 4) is 0 Å². The normalized spacial score (nSPS) is 23.5. The van der Waals surface area contributed by atoms with Gasteiger partial charge in [0.2, 0.25) is 0 Å². The number of hydrogen-bond acceptors (Lipinski definition) is 4. The smallest absolute Gasteiger partial charge is 0.137 e. The van der Waals surface area contributed by atoms with Gasteiger partial charge in [0.05, 0.1) is 0 Å². The number of hydrogen-bond donors (Lipinski definition) is 1. The summed E-state index contributed by atoms with van der Waals surface area (Å²) in [5.74, 6) is 3.67. The number of nitrogens with zero attached hydrogens (tertiary/aromatic N) is 3. The third kappa shape index (κ3) is 2.82. The average molecular weight is 262 g/mol. The Bertz CT molecular complexity index is 444. The lowest BCUT2D eigenvalue weighted by atomic mass is 9.92. The van der Waals surface area contributed by atoms with E-state index in [9.17, 15) is 0 Å². The van der Waals surface area contributed by atoms with E-state index in [4.69, 9.17) is 4.98 Å². The van der Waals surface area contributed by atoms with E-state index in [0.29, 0.717) is 6.04 Å². The van der Waals surface area contributed by atoms with E-state index in [-0.39, 0.29) is 0 Å². The van der Waals surface area contributed by atoms with Crippen molar-refractivity contribution in [3.63, 3.8) is 0 Å². The molecule has 19 heavy (non-hydrogen) atoms. The fourth-order valence-corrected chi connectivity index (χ4v) is 2.87. The summed E-state index contributed by atoms with van der Waals surface area (Å²) in [6.07, 6.45) is 2.57. The van der Waals surface area contributed by atoms with Crippen molar-refractivity contribution in [1.29, 1.82) is 0 Å². The first kappa shape index (κ1) is 14.1. The van der Waals surface area contributed by atoms with Crippen LogP contribution in [0.15, 0.2) is 0 Å². The van der Waals surface area contributed by atoms with E-state index in [2.05, 4.69) is 42.9 Å². The molecule has 106 valence electrons. The molecule has 1 saturated heterocycles. The molecule has 0 aromatic carbocycles. The molecule has 0 aliphatic carbocycles. The van der Waals surface area contributed by atoms with Crippen molar-refractivity contribution >= 4 is 11.6 Å². The maximum atomic E-state index is 4.70. The molecule has 1 aliphatic heterocycles. The van der Waals surface area contributed by atoms with Crippen molar-refractivity contribution in [1.82, 2.24) is 9.97 Å². The Morgan fingerprint density at radius 1 is 1.26 bits per heavy atom. The quantitative estimate of drug-likeness (QED) is 0.908. The van der Waals surface area contributed by atoms with Crippen LogP contribution in [0, 0.1) is 19.8 Å². The molecule has 0 spiro atoms. The zero-order valence-electron chi connectivity index (χ0n) is 12.8. The van der Waals surface area contributed by atoms with E-state index in [1.165, 1.54) is 18.4 Å². The minimum atomic E-state index is 0.552. The van der Waals surface area contributed by atoms with Gasteiger partial charge in [-0.1, -0.05) is 6.92 Å². The lowest BCUT2D eigenvalue weighted by Gasteiger charge is -2.39. The monoisotopic (exact) mass is 262 g/mol. The van der Waals surface area contributed by atoms with Crippen molar-refractivity contribution in [3.05, 3.63) is 11.4 Å². The second-order valence-electron chi connectivity index (χ2n) is 5.65. The Morgan fingerprint density at radius 2 is 2.00 bits per heavy atom. The Kier molecular flexibility index (Phi) is 4.27. The number of anilines is 2. The highest BCUT2D eigenvalue weighted by Gasteiger charge is 2.27. The third-order valence-electron chi connectivity index (χ3n) is 4.22. The van der Waals surface area contributed by atoms with Gasteiger partial charge in [0.1, 0.15) is 17.5 Å². The highest BCUT2D eigenvalue weighted by Crippen LogP contribution is 2.31. The molecule has 0 bridgehead atoms. The van der Waals surface area contributed by atoms with Gasteiger partial charge < -0.3 is 10.2 Å². The topological polar surface area (TPSA) is 41.1 Å². The first-order chi connectivity index (χ1) is 9.04. The lowest BCUT2D eigenvalue weighted by molar-refractivity contribution is 0.361. The number of rotatable bonds is 3. The van der Waals surface area contributed by atoms with Crippen LogP contribution in [0.3, 0.4) is 0 Å². The largest absolute Gasteiger partial charge is 0.370 e. The summed E-state index contributed by atoms with van der Waals surface area (Å²) in [6, 6.07) is 0.552. The van der Waals surface area contributed by atoms with Crippen LogP contribution in [-0.2, 0) is 0 Å². The van der Waals surface area contributed by atoms with Gasteiger partial charge in [-0.05, 0) is 46.5 Å². The summed E-state index contributed by atoms with van der Waals surface area (Å²) in [4.78, 5) is 11.7. The number of aryl methyl sites for hydroxylation is 1. The molecule has 2 rings (SSSR count). The minimum Gasteiger partial charge on any atom is -0.370 e. The number of nitrogens with one attached hydrogen (secondary N) is 1. The fourth-order valence-electron chi connectivity index (χ4n) is 2.87. The highest BCUT2D eigenvalue weighted by molar-refractivity contribution is 5.59. The molecule has 1 fully saturated rings. The molecule has 2 atom stereocenters. The Labute approximate surface area is 116 Å². The summed E-state index contributed by atoms with van der Waals surface area (Å²) in [7, 11) is 0. The second kappa shape index (κ2) is 5.76. The molecular weight excluding hydrogens is 236 g/mol. The van der Waals surface area contributed by atoms with Crippen LogP contribution in [0.25, 0.3) is 0 Å². The summed E-state index contributed by atoms with van der Waals surface area (Å²) < 4.78 is 0. The fraction of sp³-hybridized carbons (Fsp3) is 0.733. The zero-order valence-corrected chi connectivity index (χ0v) is 12.8. The van der Waals surface area contributed by atoms with Crippen molar-refractivity contribution in [2.24, 2.45) is 5.92 Å². The summed E-state index contributed by atoms with van der Waals surface area (Å²) >= 11 is 0. The average Bonchev–Trinajstić information content (AvgIpc) is 2.37.